The number of quaternary nitrogens is 1. The summed E-state index contributed by atoms with van der Waals surface area (Å²) in [4.78, 5) is 36.9. The second kappa shape index (κ2) is 10.5. The first kappa shape index (κ1) is 22.3. The molecule has 0 aliphatic carbocycles. The smallest absolute Gasteiger partial charge is 0.321 e. The van der Waals surface area contributed by atoms with Crippen LogP contribution in [0.4, 0.5) is 20.6 Å². The number of amides is 4. The van der Waals surface area contributed by atoms with Crippen LogP contribution in [0, 0.1) is 12.7 Å². The number of imide groups is 1. The largest absolute Gasteiger partial charge is 0.326 e. The van der Waals surface area contributed by atoms with Crippen molar-refractivity contribution in [3.8, 4) is 0 Å². The van der Waals surface area contributed by atoms with E-state index in [1.54, 1.807) is 24.3 Å². The van der Waals surface area contributed by atoms with Crippen LogP contribution in [-0.2, 0) is 9.59 Å². The maximum atomic E-state index is 13.5. The quantitative estimate of drug-likeness (QED) is 0.551. The standard InChI is InChI=1S/C20H22ClFN4O3/c1-3-26(11-18(27)23-17-10-14(21)9-8-13(17)2)12-19(28)25-20(29)24-16-7-5-4-6-15(16)22/h4-10H,3,11-12H2,1-2H3,(H,23,27)(H2,24,25,28,29)/p+1. The Hall–Kier alpha value is -2.97. The molecule has 29 heavy (non-hydrogen) atoms. The Balaban J connectivity index is 1.85. The van der Waals surface area contributed by atoms with Crippen LogP contribution in [0.5, 0.6) is 0 Å². The van der Waals surface area contributed by atoms with Crippen LogP contribution in [0.25, 0.3) is 0 Å². The van der Waals surface area contributed by atoms with Gasteiger partial charge in [0.15, 0.2) is 13.1 Å². The van der Waals surface area contributed by atoms with E-state index in [-0.39, 0.29) is 24.7 Å². The minimum absolute atomic E-state index is 0.0325. The van der Waals surface area contributed by atoms with Gasteiger partial charge in [0.25, 0.3) is 11.8 Å². The number of para-hydroxylation sites is 1. The molecule has 0 saturated heterocycles. The molecule has 0 aromatic heterocycles. The third kappa shape index (κ3) is 7.17. The van der Waals surface area contributed by atoms with Crippen LogP contribution in [0.1, 0.15) is 12.5 Å². The Morgan fingerprint density at radius 2 is 1.69 bits per heavy atom. The first-order valence-corrected chi connectivity index (χ1v) is 9.41. The predicted octanol–water partition coefficient (Wildman–Crippen LogP) is 1.98. The molecule has 0 heterocycles. The summed E-state index contributed by atoms with van der Waals surface area (Å²) in [5.41, 5.74) is 1.43. The number of benzene rings is 2. The molecule has 4 N–H and O–H groups in total. The lowest BCUT2D eigenvalue weighted by atomic mass is 10.2. The summed E-state index contributed by atoms with van der Waals surface area (Å²) in [6.07, 6.45) is 0. The minimum atomic E-state index is -0.838. The van der Waals surface area contributed by atoms with Crippen molar-refractivity contribution in [1.29, 1.82) is 0 Å². The van der Waals surface area contributed by atoms with Crippen molar-refractivity contribution >= 4 is 40.8 Å². The molecular formula is C20H23ClFN4O3+. The molecule has 2 rings (SSSR count). The van der Waals surface area contributed by atoms with Gasteiger partial charge in [-0.1, -0.05) is 29.8 Å². The van der Waals surface area contributed by atoms with Gasteiger partial charge in [0, 0.05) is 10.7 Å². The van der Waals surface area contributed by atoms with Gasteiger partial charge in [-0.2, -0.15) is 0 Å². The number of carbonyl (C=O) groups is 3. The number of halogens is 2. The van der Waals surface area contributed by atoms with Crippen molar-refractivity contribution in [2.75, 3.05) is 30.3 Å². The molecule has 0 aliphatic heterocycles. The molecule has 0 spiro atoms. The van der Waals surface area contributed by atoms with Crippen molar-refractivity contribution in [3.63, 3.8) is 0 Å². The summed E-state index contributed by atoms with van der Waals surface area (Å²) in [5.74, 6) is -1.47. The van der Waals surface area contributed by atoms with Gasteiger partial charge in [-0.3, -0.25) is 14.9 Å². The Morgan fingerprint density at radius 1 is 1.00 bits per heavy atom. The van der Waals surface area contributed by atoms with Crippen molar-refractivity contribution in [1.82, 2.24) is 5.32 Å². The van der Waals surface area contributed by atoms with Gasteiger partial charge in [0.2, 0.25) is 0 Å². The van der Waals surface area contributed by atoms with Crippen LogP contribution in [0.2, 0.25) is 5.02 Å². The van der Waals surface area contributed by atoms with Gasteiger partial charge in [-0.15, -0.1) is 0 Å². The number of rotatable bonds is 7. The molecule has 154 valence electrons. The molecule has 0 bridgehead atoms. The lowest BCUT2D eigenvalue weighted by Gasteiger charge is -2.17. The highest BCUT2D eigenvalue weighted by atomic mass is 35.5. The number of urea groups is 1. The van der Waals surface area contributed by atoms with E-state index in [9.17, 15) is 18.8 Å². The summed E-state index contributed by atoms with van der Waals surface area (Å²) in [7, 11) is 0. The zero-order chi connectivity index (χ0) is 21.4. The molecule has 0 saturated carbocycles. The Kier molecular flexibility index (Phi) is 8.11. The maximum Gasteiger partial charge on any atom is 0.326 e. The van der Waals surface area contributed by atoms with Crippen LogP contribution in [0.15, 0.2) is 42.5 Å². The summed E-state index contributed by atoms with van der Waals surface area (Å²) in [6, 6.07) is 9.96. The second-order valence-corrected chi connectivity index (χ2v) is 6.88. The topological polar surface area (TPSA) is 91.7 Å². The first-order valence-electron chi connectivity index (χ1n) is 9.03. The lowest BCUT2D eigenvalue weighted by molar-refractivity contribution is -0.881. The van der Waals surface area contributed by atoms with Crippen LogP contribution in [-0.4, -0.2) is 37.5 Å². The SMILES string of the molecule is CC[NH+](CC(=O)NC(=O)Nc1ccccc1F)CC(=O)Nc1cc(Cl)ccc1C. The average molecular weight is 422 g/mol. The third-order valence-corrected chi connectivity index (χ3v) is 4.40. The van der Waals surface area contributed by atoms with Gasteiger partial charge < -0.3 is 15.5 Å². The summed E-state index contributed by atoms with van der Waals surface area (Å²) >= 11 is 5.95. The molecule has 1 atom stereocenters. The fourth-order valence-electron chi connectivity index (χ4n) is 2.58. The number of carbonyl (C=O) groups excluding carboxylic acids is 3. The molecule has 2 aromatic carbocycles. The molecular weight excluding hydrogens is 399 g/mol. The van der Waals surface area contributed by atoms with E-state index in [1.807, 2.05) is 13.8 Å². The fourth-order valence-corrected chi connectivity index (χ4v) is 2.75. The van der Waals surface area contributed by atoms with Gasteiger partial charge in [0.05, 0.1) is 12.2 Å². The van der Waals surface area contributed by atoms with Gasteiger partial charge >= 0.3 is 6.03 Å². The molecule has 0 aliphatic rings. The van der Waals surface area contributed by atoms with Crippen molar-refractivity contribution in [2.45, 2.75) is 13.8 Å². The molecule has 9 heteroatoms. The van der Waals surface area contributed by atoms with E-state index >= 15 is 0 Å². The van der Waals surface area contributed by atoms with E-state index < -0.39 is 17.8 Å². The highest BCUT2D eigenvalue weighted by Gasteiger charge is 2.19. The second-order valence-electron chi connectivity index (χ2n) is 6.45. The molecule has 7 nitrogen and oxygen atoms in total. The van der Waals surface area contributed by atoms with E-state index in [0.717, 1.165) is 5.56 Å². The first-order chi connectivity index (χ1) is 13.8. The average Bonchev–Trinajstić information content (AvgIpc) is 2.65. The number of likely N-dealkylation sites (N-methyl/N-ethyl adjacent to an activating group) is 1. The third-order valence-electron chi connectivity index (χ3n) is 4.17. The number of hydrogen-bond acceptors (Lipinski definition) is 3. The zero-order valence-corrected chi connectivity index (χ0v) is 16.9. The Labute approximate surface area is 173 Å². The van der Waals surface area contributed by atoms with Crippen molar-refractivity contribution < 1.29 is 23.7 Å². The maximum absolute atomic E-state index is 13.5. The van der Waals surface area contributed by atoms with E-state index in [0.29, 0.717) is 22.2 Å². The van der Waals surface area contributed by atoms with E-state index in [2.05, 4.69) is 16.0 Å². The van der Waals surface area contributed by atoms with E-state index in [1.165, 1.54) is 18.2 Å². The molecule has 0 radical (unpaired) electrons. The van der Waals surface area contributed by atoms with Gasteiger partial charge in [0.1, 0.15) is 5.82 Å². The van der Waals surface area contributed by atoms with Gasteiger partial charge in [-0.25, -0.2) is 9.18 Å². The van der Waals surface area contributed by atoms with Crippen molar-refractivity contribution in [3.05, 3.63) is 58.9 Å². The molecule has 1 unspecified atom stereocenters. The van der Waals surface area contributed by atoms with Crippen LogP contribution in [0.3, 0.4) is 0 Å². The minimum Gasteiger partial charge on any atom is -0.321 e. The monoisotopic (exact) mass is 421 g/mol. The summed E-state index contributed by atoms with van der Waals surface area (Å²) in [6.45, 7) is 4.09. The number of hydrogen-bond donors (Lipinski definition) is 4. The molecule has 0 fully saturated rings. The highest BCUT2D eigenvalue weighted by molar-refractivity contribution is 6.31. The predicted molar refractivity (Wildman–Crippen MR) is 110 cm³/mol. The van der Waals surface area contributed by atoms with Crippen LogP contribution < -0.4 is 20.9 Å². The highest BCUT2D eigenvalue weighted by Crippen LogP contribution is 2.19. The van der Waals surface area contributed by atoms with E-state index in [4.69, 9.17) is 11.6 Å². The number of anilines is 2. The normalized spacial score (nSPS) is 11.4. The number of nitrogens with one attached hydrogen (secondary N) is 4. The van der Waals surface area contributed by atoms with Crippen molar-refractivity contribution in [2.24, 2.45) is 0 Å². The molecule has 2 aromatic rings. The summed E-state index contributed by atoms with van der Waals surface area (Å²) < 4.78 is 13.5. The molecule has 4 amide bonds. The van der Waals surface area contributed by atoms with Crippen LogP contribution >= 0.6 is 11.6 Å². The van der Waals surface area contributed by atoms with Gasteiger partial charge in [-0.05, 0) is 43.7 Å². The summed E-state index contributed by atoms with van der Waals surface area (Å²) in [5, 5.41) is 7.68. The lowest BCUT2D eigenvalue weighted by Crippen LogP contribution is -3.14. The Morgan fingerprint density at radius 3 is 2.38 bits per heavy atom. The zero-order valence-electron chi connectivity index (χ0n) is 16.1. The number of aryl methyl sites for hydroxylation is 1. The Bertz CT molecular complexity index is 907. The fraction of sp³-hybridized carbons (Fsp3) is 0.250.